The number of thiophene rings is 1. The van der Waals surface area contributed by atoms with E-state index >= 15 is 0 Å². The molecule has 0 radical (unpaired) electrons. The van der Waals surface area contributed by atoms with Crippen LogP contribution in [0.5, 0.6) is 0 Å². The third-order valence-electron chi connectivity index (χ3n) is 3.29. The maximum atomic E-state index is 12.1. The van der Waals surface area contributed by atoms with E-state index in [1.54, 1.807) is 32.0 Å². The zero-order chi connectivity index (χ0) is 15.6. The van der Waals surface area contributed by atoms with Crippen molar-refractivity contribution < 1.29 is 14.3 Å². The predicted molar refractivity (Wildman–Crippen MR) is 83.8 cm³/mol. The van der Waals surface area contributed by atoms with Gasteiger partial charge in [-0.1, -0.05) is 11.6 Å². The molecule has 0 aromatic carbocycles. The first-order valence-corrected chi connectivity index (χ1v) is 7.81. The van der Waals surface area contributed by atoms with Crippen LogP contribution < -0.4 is 5.32 Å². The quantitative estimate of drug-likeness (QED) is 0.884. The monoisotopic (exact) mass is 327 g/mol. The summed E-state index contributed by atoms with van der Waals surface area (Å²) < 4.78 is 6.07. The van der Waals surface area contributed by atoms with Gasteiger partial charge in [-0.2, -0.15) is 0 Å². The SMILES string of the molecule is Cc1ccc(C(C)(O)CNC(=O)C(C)c2ccc(Cl)s2)o1. The van der Waals surface area contributed by atoms with Gasteiger partial charge in [0.2, 0.25) is 5.91 Å². The normalized spacial score (nSPS) is 15.5. The van der Waals surface area contributed by atoms with Gasteiger partial charge in [0, 0.05) is 4.88 Å². The topological polar surface area (TPSA) is 62.5 Å². The molecule has 2 N–H and O–H groups in total. The van der Waals surface area contributed by atoms with Crippen LogP contribution >= 0.6 is 22.9 Å². The molecule has 2 aromatic heterocycles. The Bertz CT molecular complexity index is 632. The summed E-state index contributed by atoms with van der Waals surface area (Å²) in [5.74, 6) is 0.694. The van der Waals surface area contributed by atoms with Crippen LogP contribution in [0.3, 0.4) is 0 Å². The van der Waals surface area contributed by atoms with Crippen LogP contribution in [0.2, 0.25) is 4.34 Å². The highest BCUT2D eigenvalue weighted by atomic mass is 35.5. The Morgan fingerprint density at radius 2 is 2.19 bits per heavy atom. The fourth-order valence-corrected chi connectivity index (χ4v) is 3.03. The first-order chi connectivity index (χ1) is 9.79. The third kappa shape index (κ3) is 3.87. The molecular weight excluding hydrogens is 310 g/mol. The molecule has 0 saturated heterocycles. The van der Waals surface area contributed by atoms with Gasteiger partial charge in [-0.15, -0.1) is 11.3 Å². The van der Waals surface area contributed by atoms with E-state index < -0.39 is 5.60 Å². The van der Waals surface area contributed by atoms with E-state index in [0.29, 0.717) is 10.1 Å². The highest BCUT2D eigenvalue weighted by molar-refractivity contribution is 7.16. The summed E-state index contributed by atoms with van der Waals surface area (Å²) in [5.41, 5.74) is -1.24. The number of hydrogen-bond acceptors (Lipinski definition) is 4. The fraction of sp³-hybridized carbons (Fsp3) is 0.400. The van der Waals surface area contributed by atoms with E-state index in [-0.39, 0.29) is 18.4 Å². The molecule has 2 atom stereocenters. The van der Waals surface area contributed by atoms with Gasteiger partial charge in [-0.05, 0) is 45.0 Å². The van der Waals surface area contributed by atoms with E-state index in [1.165, 1.54) is 11.3 Å². The summed E-state index contributed by atoms with van der Waals surface area (Å²) in [4.78, 5) is 13.0. The number of carbonyl (C=O) groups is 1. The minimum absolute atomic E-state index is 0.0855. The van der Waals surface area contributed by atoms with Gasteiger partial charge in [0.25, 0.3) is 0 Å². The lowest BCUT2D eigenvalue weighted by molar-refractivity contribution is -0.123. The molecule has 0 spiro atoms. The van der Waals surface area contributed by atoms with Gasteiger partial charge in [-0.3, -0.25) is 4.79 Å². The summed E-state index contributed by atoms with van der Waals surface area (Å²) in [6.07, 6.45) is 0. The molecule has 0 saturated carbocycles. The molecule has 0 fully saturated rings. The average Bonchev–Trinajstić information content (AvgIpc) is 3.04. The van der Waals surface area contributed by atoms with Crippen LogP contribution in [-0.2, 0) is 10.4 Å². The van der Waals surface area contributed by atoms with E-state index in [9.17, 15) is 9.90 Å². The van der Waals surface area contributed by atoms with Crippen molar-refractivity contribution in [3.8, 4) is 0 Å². The molecular formula is C15H18ClNO3S. The number of aryl methyl sites for hydroxylation is 1. The summed E-state index contributed by atoms with van der Waals surface area (Å²) in [7, 11) is 0. The number of rotatable bonds is 5. The van der Waals surface area contributed by atoms with Crippen molar-refractivity contribution in [3.63, 3.8) is 0 Å². The fourth-order valence-electron chi connectivity index (χ4n) is 1.91. The van der Waals surface area contributed by atoms with E-state index in [2.05, 4.69) is 5.32 Å². The second-order valence-corrected chi connectivity index (χ2v) is 7.01. The summed E-state index contributed by atoms with van der Waals surface area (Å²) in [6.45, 7) is 5.31. The molecule has 0 aliphatic rings. The van der Waals surface area contributed by atoms with Crippen LogP contribution in [0.25, 0.3) is 0 Å². The minimum atomic E-state index is -1.24. The second kappa shape index (κ2) is 6.22. The molecule has 0 bridgehead atoms. The lowest BCUT2D eigenvalue weighted by atomic mass is 10.0. The molecule has 2 unspecified atom stereocenters. The van der Waals surface area contributed by atoms with Crippen molar-refractivity contribution in [2.75, 3.05) is 6.54 Å². The first kappa shape index (κ1) is 16.1. The highest BCUT2D eigenvalue weighted by Crippen LogP contribution is 2.28. The number of nitrogens with one attached hydrogen (secondary N) is 1. The van der Waals surface area contributed by atoms with Gasteiger partial charge in [-0.25, -0.2) is 0 Å². The standard InChI is InChI=1S/C15H18ClNO3S/c1-9-4-6-12(20-9)15(3,19)8-17-14(18)10(2)11-5-7-13(16)21-11/h4-7,10,19H,8H2,1-3H3,(H,17,18). The zero-order valence-electron chi connectivity index (χ0n) is 12.1. The average molecular weight is 328 g/mol. The Morgan fingerprint density at radius 1 is 1.48 bits per heavy atom. The number of amides is 1. The minimum Gasteiger partial charge on any atom is -0.463 e. The van der Waals surface area contributed by atoms with E-state index in [4.69, 9.17) is 16.0 Å². The van der Waals surface area contributed by atoms with Gasteiger partial charge in [0.15, 0.2) is 0 Å². The Labute approximate surface area is 132 Å². The van der Waals surface area contributed by atoms with Gasteiger partial charge in [0.1, 0.15) is 17.1 Å². The lowest BCUT2D eigenvalue weighted by Crippen LogP contribution is -2.39. The Hall–Kier alpha value is -1.30. The Balaban J connectivity index is 1.97. The van der Waals surface area contributed by atoms with Gasteiger partial charge < -0.3 is 14.8 Å². The smallest absolute Gasteiger partial charge is 0.228 e. The van der Waals surface area contributed by atoms with Crippen LogP contribution in [0, 0.1) is 6.92 Å². The second-order valence-electron chi connectivity index (χ2n) is 5.27. The van der Waals surface area contributed by atoms with Crippen molar-refractivity contribution in [1.82, 2.24) is 5.32 Å². The number of aliphatic hydroxyl groups is 1. The number of halogens is 1. The predicted octanol–water partition coefficient (Wildman–Crippen LogP) is 3.43. The maximum absolute atomic E-state index is 12.1. The van der Waals surface area contributed by atoms with Gasteiger partial charge >= 0.3 is 0 Å². The van der Waals surface area contributed by atoms with Crippen LogP contribution in [0.15, 0.2) is 28.7 Å². The molecule has 1 amide bonds. The molecule has 6 heteroatoms. The molecule has 2 heterocycles. The number of hydrogen-bond donors (Lipinski definition) is 2. The molecule has 4 nitrogen and oxygen atoms in total. The van der Waals surface area contributed by atoms with Crippen LogP contribution in [0.4, 0.5) is 0 Å². The Kier molecular flexibility index (Phi) is 4.76. The molecule has 21 heavy (non-hydrogen) atoms. The maximum Gasteiger partial charge on any atom is 0.228 e. The zero-order valence-corrected chi connectivity index (χ0v) is 13.7. The first-order valence-electron chi connectivity index (χ1n) is 6.62. The third-order valence-corrected chi connectivity index (χ3v) is 4.71. The summed E-state index contributed by atoms with van der Waals surface area (Å²) in [6, 6.07) is 7.10. The number of carbonyl (C=O) groups excluding carboxylic acids is 1. The Morgan fingerprint density at radius 3 is 2.71 bits per heavy atom. The summed E-state index contributed by atoms with van der Waals surface area (Å²) in [5, 5.41) is 13.1. The van der Waals surface area contributed by atoms with Crippen molar-refractivity contribution in [2.24, 2.45) is 0 Å². The van der Waals surface area contributed by atoms with Crippen LogP contribution in [-0.4, -0.2) is 17.6 Å². The molecule has 2 rings (SSSR count). The van der Waals surface area contributed by atoms with Crippen molar-refractivity contribution in [3.05, 3.63) is 45.0 Å². The van der Waals surface area contributed by atoms with Crippen molar-refractivity contribution in [2.45, 2.75) is 32.3 Å². The molecule has 0 aliphatic heterocycles. The highest BCUT2D eigenvalue weighted by Gasteiger charge is 2.28. The summed E-state index contributed by atoms with van der Waals surface area (Å²) >= 11 is 7.26. The van der Waals surface area contributed by atoms with Gasteiger partial charge in [0.05, 0.1) is 16.8 Å². The number of furan rings is 1. The van der Waals surface area contributed by atoms with Crippen LogP contribution in [0.1, 0.15) is 36.2 Å². The van der Waals surface area contributed by atoms with E-state index in [0.717, 1.165) is 10.6 Å². The molecule has 114 valence electrons. The van der Waals surface area contributed by atoms with Crippen molar-refractivity contribution in [1.29, 1.82) is 0 Å². The largest absolute Gasteiger partial charge is 0.463 e. The van der Waals surface area contributed by atoms with E-state index in [1.807, 2.05) is 13.0 Å². The van der Waals surface area contributed by atoms with Crippen molar-refractivity contribution >= 4 is 28.8 Å². The molecule has 0 aliphatic carbocycles. The molecule has 2 aromatic rings. The lowest BCUT2D eigenvalue weighted by Gasteiger charge is -2.22.